The van der Waals surface area contributed by atoms with Crippen LogP contribution in [0.5, 0.6) is 0 Å². The zero-order chi connectivity index (χ0) is 10.9. The topological polar surface area (TPSA) is 20.2 Å². The van der Waals surface area contributed by atoms with E-state index in [2.05, 4.69) is 44.2 Å². The standard InChI is InChI=1S/C14H16O/c1-14(2)7-5-12-4-3-11(10-15)9-13(12)6-8-14/h3-9,15H,10H2,1-2H3. The van der Waals surface area contributed by atoms with E-state index in [0.29, 0.717) is 0 Å². The van der Waals surface area contributed by atoms with Crippen molar-refractivity contribution in [2.24, 2.45) is 5.41 Å². The summed E-state index contributed by atoms with van der Waals surface area (Å²) >= 11 is 0. The van der Waals surface area contributed by atoms with Gasteiger partial charge in [-0.25, -0.2) is 0 Å². The van der Waals surface area contributed by atoms with Gasteiger partial charge in [0.05, 0.1) is 6.61 Å². The second-order valence-electron chi connectivity index (χ2n) is 4.61. The second kappa shape index (κ2) is 3.67. The largest absolute Gasteiger partial charge is 0.392 e. The molecule has 0 aromatic heterocycles. The predicted molar refractivity (Wildman–Crippen MR) is 64.2 cm³/mol. The zero-order valence-electron chi connectivity index (χ0n) is 9.20. The van der Waals surface area contributed by atoms with E-state index in [1.807, 2.05) is 12.1 Å². The highest BCUT2D eigenvalue weighted by Gasteiger charge is 2.12. The first-order valence-electron chi connectivity index (χ1n) is 5.23. The number of aliphatic hydroxyl groups is 1. The normalized spacial score (nSPS) is 17.3. The summed E-state index contributed by atoms with van der Waals surface area (Å²) in [5.41, 5.74) is 3.47. The van der Waals surface area contributed by atoms with Crippen LogP contribution in [0.1, 0.15) is 30.5 Å². The lowest BCUT2D eigenvalue weighted by molar-refractivity contribution is 0.282. The van der Waals surface area contributed by atoms with Crippen molar-refractivity contribution in [2.75, 3.05) is 0 Å². The summed E-state index contributed by atoms with van der Waals surface area (Å²) in [4.78, 5) is 0. The van der Waals surface area contributed by atoms with E-state index in [1.54, 1.807) is 0 Å². The van der Waals surface area contributed by atoms with Gasteiger partial charge in [-0.2, -0.15) is 0 Å². The van der Waals surface area contributed by atoms with Crippen molar-refractivity contribution >= 4 is 12.2 Å². The quantitative estimate of drug-likeness (QED) is 0.737. The molecule has 78 valence electrons. The number of aliphatic hydroxyl groups excluding tert-OH is 1. The van der Waals surface area contributed by atoms with Crippen LogP contribution in [0.15, 0.2) is 30.4 Å². The van der Waals surface area contributed by atoms with Crippen molar-refractivity contribution in [3.63, 3.8) is 0 Å². The Kier molecular flexibility index (Phi) is 2.49. The van der Waals surface area contributed by atoms with Gasteiger partial charge in [0.15, 0.2) is 0 Å². The van der Waals surface area contributed by atoms with Crippen LogP contribution in [-0.2, 0) is 6.61 Å². The number of allylic oxidation sites excluding steroid dienone is 2. The van der Waals surface area contributed by atoms with E-state index in [1.165, 1.54) is 11.1 Å². The van der Waals surface area contributed by atoms with Crippen molar-refractivity contribution in [1.29, 1.82) is 0 Å². The number of hydrogen-bond donors (Lipinski definition) is 1. The Morgan fingerprint density at radius 1 is 1.07 bits per heavy atom. The predicted octanol–water partition coefficient (Wildman–Crippen LogP) is 3.25. The minimum atomic E-state index is 0.105. The van der Waals surface area contributed by atoms with Crippen molar-refractivity contribution in [1.82, 2.24) is 0 Å². The second-order valence-corrected chi connectivity index (χ2v) is 4.61. The molecular formula is C14H16O. The third-order valence-corrected chi connectivity index (χ3v) is 2.72. The smallest absolute Gasteiger partial charge is 0.0682 e. The van der Waals surface area contributed by atoms with Gasteiger partial charge < -0.3 is 5.11 Å². The van der Waals surface area contributed by atoms with E-state index < -0.39 is 0 Å². The molecule has 2 rings (SSSR count). The van der Waals surface area contributed by atoms with Crippen molar-refractivity contribution in [3.8, 4) is 0 Å². The average Bonchev–Trinajstić information content (AvgIpc) is 2.38. The highest BCUT2D eigenvalue weighted by atomic mass is 16.3. The Labute approximate surface area is 90.8 Å². The number of hydrogen-bond acceptors (Lipinski definition) is 1. The Morgan fingerprint density at radius 2 is 1.73 bits per heavy atom. The highest BCUT2D eigenvalue weighted by molar-refractivity contribution is 5.69. The Bertz CT molecular complexity index is 425. The van der Waals surface area contributed by atoms with Gasteiger partial charge in [-0.1, -0.05) is 50.3 Å². The molecule has 0 saturated carbocycles. The van der Waals surface area contributed by atoms with E-state index in [0.717, 1.165) is 5.56 Å². The van der Waals surface area contributed by atoms with Crippen LogP contribution in [0.2, 0.25) is 0 Å². The zero-order valence-corrected chi connectivity index (χ0v) is 9.20. The molecule has 1 nitrogen and oxygen atoms in total. The van der Waals surface area contributed by atoms with Gasteiger partial charge in [0.25, 0.3) is 0 Å². The van der Waals surface area contributed by atoms with Crippen LogP contribution in [-0.4, -0.2) is 5.11 Å². The van der Waals surface area contributed by atoms with Gasteiger partial charge in [0, 0.05) is 5.41 Å². The highest BCUT2D eigenvalue weighted by Crippen LogP contribution is 2.28. The van der Waals surface area contributed by atoms with Gasteiger partial charge in [-0.05, 0) is 22.8 Å². The lowest BCUT2D eigenvalue weighted by Gasteiger charge is -2.12. The molecule has 1 aliphatic carbocycles. The van der Waals surface area contributed by atoms with Gasteiger partial charge in [-0.15, -0.1) is 0 Å². The molecule has 15 heavy (non-hydrogen) atoms. The molecule has 0 aliphatic heterocycles. The van der Waals surface area contributed by atoms with E-state index in [4.69, 9.17) is 5.11 Å². The van der Waals surface area contributed by atoms with Crippen molar-refractivity contribution in [3.05, 3.63) is 47.0 Å². The van der Waals surface area contributed by atoms with Gasteiger partial charge in [0.2, 0.25) is 0 Å². The fraction of sp³-hybridized carbons (Fsp3) is 0.286. The summed E-state index contributed by atoms with van der Waals surface area (Å²) in [6.45, 7) is 4.46. The van der Waals surface area contributed by atoms with Crippen molar-refractivity contribution < 1.29 is 5.11 Å². The monoisotopic (exact) mass is 200 g/mol. The van der Waals surface area contributed by atoms with E-state index in [-0.39, 0.29) is 12.0 Å². The maximum absolute atomic E-state index is 9.07. The summed E-state index contributed by atoms with van der Waals surface area (Å²) in [6, 6.07) is 6.07. The molecular weight excluding hydrogens is 184 g/mol. The maximum atomic E-state index is 9.07. The average molecular weight is 200 g/mol. The third-order valence-electron chi connectivity index (χ3n) is 2.72. The molecule has 1 N–H and O–H groups in total. The summed E-state index contributed by atoms with van der Waals surface area (Å²) in [6.07, 6.45) is 8.68. The van der Waals surface area contributed by atoms with Crippen LogP contribution in [0.4, 0.5) is 0 Å². The molecule has 0 bridgehead atoms. The molecule has 0 heterocycles. The molecule has 0 unspecified atom stereocenters. The van der Waals surface area contributed by atoms with Crippen LogP contribution in [0.25, 0.3) is 12.2 Å². The molecule has 1 aromatic carbocycles. The molecule has 0 amide bonds. The van der Waals surface area contributed by atoms with Crippen LogP contribution >= 0.6 is 0 Å². The molecule has 0 spiro atoms. The maximum Gasteiger partial charge on any atom is 0.0682 e. The summed E-state index contributed by atoms with van der Waals surface area (Å²) in [5, 5.41) is 9.07. The Balaban J connectivity index is 2.49. The Morgan fingerprint density at radius 3 is 2.40 bits per heavy atom. The van der Waals surface area contributed by atoms with E-state index >= 15 is 0 Å². The third kappa shape index (κ3) is 2.18. The number of rotatable bonds is 1. The minimum absolute atomic E-state index is 0.105. The molecule has 0 radical (unpaired) electrons. The summed E-state index contributed by atoms with van der Waals surface area (Å²) in [5.74, 6) is 0. The molecule has 0 saturated heterocycles. The number of fused-ring (bicyclic) bond motifs is 1. The van der Waals surface area contributed by atoms with Gasteiger partial charge >= 0.3 is 0 Å². The lowest BCUT2D eigenvalue weighted by Crippen LogP contribution is -1.99. The summed E-state index contributed by atoms with van der Waals surface area (Å²) in [7, 11) is 0. The van der Waals surface area contributed by atoms with E-state index in [9.17, 15) is 0 Å². The first-order chi connectivity index (χ1) is 7.11. The SMILES string of the molecule is CC1(C)C=Cc2ccc(CO)cc2C=C1. The fourth-order valence-electron chi connectivity index (χ4n) is 1.68. The fourth-order valence-corrected chi connectivity index (χ4v) is 1.68. The number of benzene rings is 1. The van der Waals surface area contributed by atoms with Crippen molar-refractivity contribution in [2.45, 2.75) is 20.5 Å². The molecule has 1 aliphatic rings. The molecule has 1 heteroatoms. The lowest BCUT2D eigenvalue weighted by atomic mass is 9.93. The molecule has 0 atom stereocenters. The summed E-state index contributed by atoms with van der Waals surface area (Å²) < 4.78 is 0. The van der Waals surface area contributed by atoms with Crippen LogP contribution in [0.3, 0.4) is 0 Å². The van der Waals surface area contributed by atoms with Crippen LogP contribution < -0.4 is 0 Å². The molecule has 0 fully saturated rings. The Hall–Kier alpha value is -1.34. The van der Waals surface area contributed by atoms with Gasteiger partial charge in [-0.3, -0.25) is 0 Å². The van der Waals surface area contributed by atoms with Crippen LogP contribution in [0, 0.1) is 5.41 Å². The first kappa shape index (κ1) is 10.2. The van der Waals surface area contributed by atoms with Gasteiger partial charge in [0.1, 0.15) is 0 Å². The molecule has 1 aromatic rings. The minimum Gasteiger partial charge on any atom is -0.392 e. The first-order valence-corrected chi connectivity index (χ1v) is 5.23.